The molecule has 1 aliphatic heterocycles. The van der Waals surface area contributed by atoms with E-state index in [1.807, 2.05) is 38.1 Å². The molecule has 1 N–H and O–H groups in total. The van der Waals surface area contributed by atoms with Crippen LogP contribution in [0.2, 0.25) is 0 Å². The lowest BCUT2D eigenvalue weighted by Gasteiger charge is -2.31. The average molecular weight is 338 g/mol. The van der Waals surface area contributed by atoms with E-state index in [0.717, 1.165) is 24.8 Å². The molecule has 5 nitrogen and oxygen atoms in total. The zero-order valence-corrected chi connectivity index (χ0v) is 14.9. The average Bonchev–Trinajstić information content (AvgIpc) is 2.52. The standard InChI is InChI=1S/C17H26N2O3S/c1-4-16(14-9-7-13(2)8-10-14)18-17(20)15-6-5-11-19(12-15)23(3,21)22/h7-10,15-16H,4-6,11-12H2,1-3H3,(H,18,20)/t15-,16+/m1/s1. The Morgan fingerprint density at radius 2 is 2.00 bits per heavy atom. The lowest BCUT2D eigenvalue weighted by atomic mass is 9.97. The summed E-state index contributed by atoms with van der Waals surface area (Å²) in [5.74, 6) is -0.316. The summed E-state index contributed by atoms with van der Waals surface area (Å²) in [6.07, 6.45) is 3.47. The minimum absolute atomic E-state index is 0.0308. The van der Waals surface area contributed by atoms with Crippen LogP contribution < -0.4 is 5.32 Å². The highest BCUT2D eigenvalue weighted by Gasteiger charge is 2.31. The Bertz CT molecular complexity index is 640. The van der Waals surface area contributed by atoms with E-state index in [1.54, 1.807) is 0 Å². The van der Waals surface area contributed by atoms with Crippen molar-refractivity contribution < 1.29 is 13.2 Å². The van der Waals surface area contributed by atoms with Crippen molar-refractivity contribution in [1.29, 1.82) is 0 Å². The summed E-state index contributed by atoms with van der Waals surface area (Å²) in [6.45, 7) is 4.87. The van der Waals surface area contributed by atoms with Crippen LogP contribution in [0.3, 0.4) is 0 Å². The summed E-state index contributed by atoms with van der Waals surface area (Å²) >= 11 is 0. The smallest absolute Gasteiger partial charge is 0.224 e. The highest BCUT2D eigenvalue weighted by molar-refractivity contribution is 7.88. The van der Waals surface area contributed by atoms with E-state index in [2.05, 4.69) is 5.32 Å². The zero-order chi connectivity index (χ0) is 17.0. The Hall–Kier alpha value is -1.40. The van der Waals surface area contributed by atoms with Crippen molar-refractivity contribution in [1.82, 2.24) is 9.62 Å². The van der Waals surface area contributed by atoms with Crippen LogP contribution in [0.25, 0.3) is 0 Å². The van der Waals surface area contributed by atoms with Gasteiger partial charge in [0.1, 0.15) is 0 Å². The third kappa shape index (κ3) is 4.78. The normalized spacial score (nSPS) is 20.9. The third-order valence-electron chi connectivity index (χ3n) is 4.43. The third-order valence-corrected chi connectivity index (χ3v) is 5.70. The van der Waals surface area contributed by atoms with E-state index in [4.69, 9.17) is 0 Å². The summed E-state index contributed by atoms with van der Waals surface area (Å²) < 4.78 is 24.8. The second kappa shape index (κ2) is 7.45. The summed E-state index contributed by atoms with van der Waals surface area (Å²) in [7, 11) is -3.23. The zero-order valence-electron chi connectivity index (χ0n) is 14.1. The summed E-state index contributed by atoms with van der Waals surface area (Å²) in [5, 5.41) is 3.08. The molecule has 128 valence electrons. The van der Waals surface area contributed by atoms with Crippen LogP contribution in [0.4, 0.5) is 0 Å². The van der Waals surface area contributed by atoms with E-state index >= 15 is 0 Å². The predicted molar refractivity (Wildman–Crippen MR) is 91.5 cm³/mol. The van der Waals surface area contributed by atoms with E-state index in [1.165, 1.54) is 16.1 Å². The number of aryl methyl sites for hydroxylation is 1. The van der Waals surface area contributed by atoms with E-state index < -0.39 is 10.0 Å². The van der Waals surface area contributed by atoms with E-state index in [-0.39, 0.29) is 24.4 Å². The topological polar surface area (TPSA) is 66.5 Å². The fourth-order valence-corrected chi connectivity index (χ4v) is 3.88. The van der Waals surface area contributed by atoms with Crippen molar-refractivity contribution in [2.75, 3.05) is 19.3 Å². The fourth-order valence-electron chi connectivity index (χ4n) is 2.97. The molecule has 1 heterocycles. The van der Waals surface area contributed by atoms with Crippen LogP contribution in [0.5, 0.6) is 0 Å². The quantitative estimate of drug-likeness (QED) is 0.895. The number of sulfonamides is 1. The van der Waals surface area contributed by atoms with Crippen molar-refractivity contribution in [2.24, 2.45) is 5.92 Å². The van der Waals surface area contributed by atoms with Gasteiger partial charge in [-0.25, -0.2) is 12.7 Å². The van der Waals surface area contributed by atoms with Gasteiger partial charge in [-0.3, -0.25) is 4.79 Å². The van der Waals surface area contributed by atoms with E-state index in [9.17, 15) is 13.2 Å². The number of amides is 1. The molecule has 0 radical (unpaired) electrons. The Labute approximate surface area is 139 Å². The predicted octanol–water partition coefficient (Wildman–Crippen LogP) is 2.23. The molecule has 2 rings (SSSR count). The lowest BCUT2D eigenvalue weighted by Crippen LogP contribution is -2.45. The number of benzene rings is 1. The Morgan fingerprint density at radius 3 is 2.57 bits per heavy atom. The molecular weight excluding hydrogens is 312 g/mol. The summed E-state index contributed by atoms with van der Waals surface area (Å²) in [4.78, 5) is 12.5. The molecule has 0 unspecified atom stereocenters. The molecule has 0 aromatic heterocycles. The monoisotopic (exact) mass is 338 g/mol. The molecule has 1 aliphatic rings. The number of nitrogens with zero attached hydrogens (tertiary/aromatic N) is 1. The molecule has 6 heteroatoms. The number of piperidine rings is 1. The number of carbonyl (C=O) groups excluding carboxylic acids is 1. The van der Waals surface area contributed by atoms with Crippen LogP contribution in [-0.2, 0) is 14.8 Å². The molecule has 0 saturated carbocycles. The molecular formula is C17H26N2O3S. The Morgan fingerprint density at radius 1 is 1.35 bits per heavy atom. The highest BCUT2D eigenvalue weighted by atomic mass is 32.2. The number of hydrogen-bond donors (Lipinski definition) is 1. The number of hydrogen-bond acceptors (Lipinski definition) is 3. The molecule has 1 saturated heterocycles. The molecule has 0 bridgehead atoms. The molecule has 0 aliphatic carbocycles. The van der Waals surface area contributed by atoms with Crippen LogP contribution in [0.1, 0.15) is 43.4 Å². The molecule has 0 spiro atoms. The Balaban J connectivity index is 2.03. The van der Waals surface area contributed by atoms with Crippen LogP contribution in [0.15, 0.2) is 24.3 Å². The molecule has 2 atom stereocenters. The maximum atomic E-state index is 12.5. The second-order valence-corrected chi connectivity index (χ2v) is 8.32. The van der Waals surface area contributed by atoms with Gasteiger partial charge in [0.25, 0.3) is 0 Å². The summed E-state index contributed by atoms with van der Waals surface area (Å²) in [6, 6.07) is 8.12. The van der Waals surface area contributed by atoms with Gasteiger partial charge < -0.3 is 5.32 Å². The number of rotatable bonds is 5. The first-order chi connectivity index (χ1) is 10.8. The fraction of sp³-hybridized carbons (Fsp3) is 0.588. The first-order valence-corrected chi connectivity index (χ1v) is 9.98. The minimum atomic E-state index is -3.23. The van der Waals surface area contributed by atoms with Gasteiger partial charge in [0.05, 0.1) is 18.2 Å². The summed E-state index contributed by atoms with van der Waals surface area (Å²) in [5.41, 5.74) is 2.27. The minimum Gasteiger partial charge on any atom is -0.349 e. The largest absolute Gasteiger partial charge is 0.349 e. The van der Waals surface area contributed by atoms with Gasteiger partial charge in [-0.15, -0.1) is 0 Å². The first-order valence-electron chi connectivity index (χ1n) is 8.13. The molecule has 23 heavy (non-hydrogen) atoms. The van der Waals surface area contributed by atoms with Crippen molar-refractivity contribution >= 4 is 15.9 Å². The second-order valence-electron chi connectivity index (χ2n) is 6.34. The lowest BCUT2D eigenvalue weighted by molar-refractivity contribution is -0.126. The van der Waals surface area contributed by atoms with Crippen LogP contribution in [0, 0.1) is 12.8 Å². The first kappa shape index (κ1) is 17.9. The maximum Gasteiger partial charge on any atom is 0.224 e. The highest BCUT2D eigenvalue weighted by Crippen LogP contribution is 2.22. The van der Waals surface area contributed by atoms with Gasteiger partial charge in [-0.05, 0) is 31.7 Å². The van der Waals surface area contributed by atoms with Gasteiger partial charge in [0.15, 0.2) is 0 Å². The van der Waals surface area contributed by atoms with Crippen LogP contribution in [-0.4, -0.2) is 38.0 Å². The molecule has 1 fully saturated rings. The SMILES string of the molecule is CC[C@H](NC(=O)[C@@H]1CCCN(S(C)(=O)=O)C1)c1ccc(C)cc1. The Kier molecular flexibility index (Phi) is 5.81. The molecule has 1 amide bonds. The van der Waals surface area contributed by atoms with Crippen molar-refractivity contribution in [3.63, 3.8) is 0 Å². The number of nitrogens with one attached hydrogen (secondary N) is 1. The van der Waals surface area contributed by atoms with Crippen molar-refractivity contribution in [3.8, 4) is 0 Å². The molecule has 1 aromatic rings. The van der Waals surface area contributed by atoms with E-state index in [0.29, 0.717) is 6.54 Å². The van der Waals surface area contributed by atoms with Crippen LogP contribution >= 0.6 is 0 Å². The number of carbonyl (C=O) groups is 1. The van der Waals surface area contributed by atoms with Gasteiger partial charge in [-0.1, -0.05) is 36.8 Å². The van der Waals surface area contributed by atoms with Gasteiger partial charge in [0.2, 0.25) is 15.9 Å². The van der Waals surface area contributed by atoms with Gasteiger partial charge >= 0.3 is 0 Å². The van der Waals surface area contributed by atoms with Crippen molar-refractivity contribution in [2.45, 2.75) is 39.2 Å². The van der Waals surface area contributed by atoms with Crippen molar-refractivity contribution in [3.05, 3.63) is 35.4 Å². The molecule has 1 aromatic carbocycles. The van der Waals surface area contributed by atoms with Gasteiger partial charge in [-0.2, -0.15) is 0 Å². The van der Waals surface area contributed by atoms with Gasteiger partial charge in [0, 0.05) is 13.1 Å². The maximum absolute atomic E-state index is 12.5.